The van der Waals surface area contributed by atoms with E-state index in [1.54, 1.807) is 11.8 Å². The highest BCUT2D eigenvalue weighted by Crippen LogP contribution is 2.23. The highest BCUT2D eigenvalue weighted by atomic mass is 32.2. The largest absolute Gasteiger partial charge is 0.370 e. The van der Waals surface area contributed by atoms with Crippen LogP contribution in [0.1, 0.15) is 23.7 Å². The van der Waals surface area contributed by atoms with Gasteiger partial charge in [-0.1, -0.05) is 0 Å². The Bertz CT molecular complexity index is 535. The standard InChI is InChI=1S/C15H19N3S/c1-4-16-14-9-13(5-6-17-14)10-19-15-8-11(2)7-12(3)18-15/h5-9H,4,10H2,1-3H3,(H,16,17). The number of rotatable bonds is 5. The highest BCUT2D eigenvalue weighted by molar-refractivity contribution is 7.98. The molecule has 0 atom stereocenters. The number of aryl methyl sites for hydroxylation is 2. The Kier molecular flexibility index (Phi) is 4.80. The number of pyridine rings is 2. The van der Waals surface area contributed by atoms with Crippen LogP contribution in [0.5, 0.6) is 0 Å². The molecule has 4 heteroatoms. The Morgan fingerprint density at radius 2 is 2.05 bits per heavy atom. The summed E-state index contributed by atoms with van der Waals surface area (Å²) in [5.74, 6) is 1.85. The summed E-state index contributed by atoms with van der Waals surface area (Å²) in [4.78, 5) is 8.82. The average Bonchev–Trinajstić information content (AvgIpc) is 2.36. The van der Waals surface area contributed by atoms with E-state index in [9.17, 15) is 0 Å². The van der Waals surface area contributed by atoms with E-state index in [4.69, 9.17) is 0 Å². The van der Waals surface area contributed by atoms with Gasteiger partial charge in [0.25, 0.3) is 0 Å². The van der Waals surface area contributed by atoms with E-state index in [2.05, 4.69) is 53.4 Å². The molecule has 0 saturated heterocycles. The lowest BCUT2D eigenvalue weighted by Gasteiger charge is -2.06. The van der Waals surface area contributed by atoms with Crippen LogP contribution in [0.15, 0.2) is 35.5 Å². The van der Waals surface area contributed by atoms with E-state index in [0.717, 1.165) is 28.8 Å². The molecular weight excluding hydrogens is 254 g/mol. The van der Waals surface area contributed by atoms with Gasteiger partial charge in [0.05, 0.1) is 5.03 Å². The maximum atomic E-state index is 4.54. The number of nitrogens with one attached hydrogen (secondary N) is 1. The molecule has 1 N–H and O–H groups in total. The fourth-order valence-corrected chi connectivity index (χ4v) is 2.85. The summed E-state index contributed by atoms with van der Waals surface area (Å²) in [5, 5.41) is 4.31. The number of hydrogen-bond acceptors (Lipinski definition) is 4. The van der Waals surface area contributed by atoms with E-state index in [0.29, 0.717) is 0 Å². The monoisotopic (exact) mass is 273 g/mol. The fraction of sp³-hybridized carbons (Fsp3) is 0.333. The Morgan fingerprint density at radius 1 is 1.21 bits per heavy atom. The molecule has 0 unspecified atom stereocenters. The van der Waals surface area contributed by atoms with Gasteiger partial charge in [-0.15, -0.1) is 11.8 Å². The van der Waals surface area contributed by atoms with Crippen molar-refractivity contribution in [3.8, 4) is 0 Å². The molecule has 2 aromatic rings. The zero-order chi connectivity index (χ0) is 13.7. The molecule has 19 heavy (non-hydrogen) atoms. The number of hydrogen-bond donors (Lipinski definition) is 1. The second kappa shape index (κ2) is 6.57. The van der Waals surface area contributed by atoms with Crippen LogP contribution in [0.25, 0.3) is 0 Å². The molecule has 2 aromatic heterocycles. The first kappa shape index (κ1) is 13.9. The van der Waals surface area contributed by atoms with Crippen LogP contribution in [0.3, 0.4) is 0 Å². The van der Waals surface area contributed by atoms with Gasteiger partial charge in [0.2, 0.25) is 0 Å². The smallest absolute Gasteiger partial charge is 0.126 e. The summed E-state index contributed by atoms with van der Waals surface area (Å²) in [6, 6.07) is 8.37. The van der Waals surface area contributed by atoms with Gasteiger partial charge in [0, 0.05) is 24.2 Å². The van der Waals surface area contributed by atoms with Crippen LogP contribution >= 0.6 is 11.8 Å². The van der Waals surface area contributed by atoms with Crippen LogP contribution in [-0.4, -0.2) is 16.5 Å². The van der Waals surface area contributed by atoms with Crippen molar-refractivity contribution in [1.29, 1.82) is 0 Å². The van der Waals surface area contributed by atoms with E-state index in [-0.39, 0.29) is 0 Å². The highest BCUT2D eigenvalue weighted by Gasteiger charge is 2.01. The molecule has 0 amide bonds. The van der Waals surface area contributed by atoms with Crippen molar-refractivity contribution >= 4 is 17.6 Å². The van der Waals surface area contributed by atoms with Gasteiger partial charge in [-0.2, -0.15) is 0 Å². The topological polar surface area (TPSA) is 37.8 Å². The summed E-state index contributed by atoms with van der Waals surface area (Å²) in [5.41, 5.74) is 3.60. The van der Waals surface area contributed by atoms with Gasteiger partial charge in [0.15, 0.2) is 0 Å². The van der Waals surface area contributed by atoms with E-state index in [1.807, 2.05) is 13.1 Å². The number of thioether (sulfide) groups is 1. The second-order valence-electron chi connectivity index (χ2n) is 4.49. The number of anilines is 1. The lowest BCUT2D eigenvalue weighted by atomic mass is 10.3. The molecule has 0 aliphatic carbocycles. The maximum absolute atomic E-state index is 4.54. The van der Waals surface area contributed by atoms with Gasteiger partial charge in [-0.25, -0.2) is 9.97 Å². The lowest BCUT2D eigenvalue weighted by Crippen LogP contribution is -1.99. The quantitative estimate of drug-likeness (QED) is 0.840. The third kappa shape index (κ3) is 4.24. The molecule has 0 aliphatic heterocycles. The minimum absolute atomic E-state index is 0.891. The van der Waals surface area contributed by atoms with Crippen molar-refractivity contribution in [2.24, 2.45) is 0 Å². The van der Waals surface area contributed by atoms with E-state index >= 15 is 0 Å². The zero-order valence-corrected chi connectivity index (χ0v) is 12.4. The first-order valence-corrected chi connectivity index (χ1v) is 7.43. The Hall–Kier alpha value is -1.55. The Labute approximate surface area is 118 Å². The maximum Gasteiger partial charge on any atom is 0.126 e. The molecule has 2 heterocycles. The van der Waals surface area contributed by atoms with Crippen molar-refractivity contribution in [3.05, 3.63) is 47.3 Å². The van der Waals surface area contributed by atoms with Crippen LogP contribution in [-0.2, 0) is 5.75 Å². The number of aromatic nitrogens is 2. The van der Waals surface area contributed by atoms with Gasteiger partial charge in [0.1, 0.15) is 5.82 Å². The van der Waals surface area contributed by atoms with Gasteiger partial charge in [-0.05, 0) is 56.2 Å². The average molecular weight is 273 g/mol. The molecular formula is C15H19N3S. The summed E-state index contributed by atoms with van der Waals surface area (Å²) in [7, 11) is 0. The third-order valence-electron chi connectivity index (χ3n) is 2.64. The van der Waals surface area contributed by atoms with E-state index < -0.39 is 0 Å². The third-order valence-corrected chi connectivity index (χ3v) is 3.63. The molecule has 0 saturated carbocycles. The van der Waals surface area contributed by atoms with Crippen molar-refractivity contribution in [1.82, 2.24) is 9.97 Å². The summed E-state index contributed by atoms with van der Waals surface area (Å²) in [6.45, 7) is 7.10. The van der Waals surface area contributed by atoms with Crippen molar-refractivity contribution in [3.63, 3.8) is 0 Å². The molecule has 100 valence electrons. The van der Waals surface area contributed by atoms with Crippen molar-refractivity contribution in [2.75, 3.05) is 11.9 Å². The van der Waals surface area contributed by atoms with E-state index in [1.165, 1.54) is 11.1 Å². The first-order chi connectivity index (χ1) is 9.17. The minimum Gasteiger partial charge on any atom is -0.370 e. The minimum atomic E-state index is 0.891. The fourth-order valence-electron chi connectivity index (χ4n) is 1.88. The Morgan fingerprint density at radius 3 is 2.79 bits per heavy atom. The zero-order valence-electron chi connectivity index (χ0n) is 11.6. The first-order valence-electron chi connectivity index (χ1n) is 6.44. The normalized spacial score (nSPS) is 10.5. The van der Waals surface area contributed by atoms with Gasteiger partial charge < -0.3 is 5.32 Å². The van der Waals surface area contributed by atoms with Gasteiger partial charge >= 0.3 is 0 Å². The Balaban J connectivity index is 2.03. The molecule has 0 spiro atoms. The molecule has 0 radical (unpaired) electrons. The van der Waals surface area contributed by atoms with Crippen LogP contribution in [0.2, 0.25) is 0 Å². The summed E-state index contributed by atoms with van der Waals surface area (Å²) in [6.07, 6.45) is 1.85. The molecule has 3 nitrogen and oxygen atoms in total. The van der Waals surface area contributed by atoms with Crippen molar-refractivity contribution in [2.45, 2.75) is 31.6 Å². The summed E-state index contributed by atoms with van der Waals surface area (Å²) >= 11 is 1.76. The second-order valence-corrected chi connectivity index (χ2v) is 5.49. The van der Waals surface area contributed by atoms with Crippen LogP contribution < -0.4 is 5.32 Å². The SMILES string of the molecule is CCNc1cc(CSc2cc(C)cc(C)n2)ccn1. The lowest BCUT2D eigenvalue weighted by molar-refractivity contribution is 1.05. The number of nitrogens with zero attached hydrogens (tertiary/aromatic N) is 2. The molecule has 0 aliphatic rings. The summed E-state index contributed by atoms with van der Waals surface area (Å²) < 4.78 is 0. The molecule has 0 fully saturated rings. The van der Waals surface area contributed by atoms with Crippen LogP contribution in [0, 0.1) is 13.8 Å². The van der Waals surface area contributed by atoms with Gasteiger partial charge in [-0.3, -0.25) is 0 Å². The molecule has 2 rings (SSSR count). The van der Waals surface area contributed by atoms with Crippen molar-refractivity contribution < 1.29 is 0 Å². The molecule has 0 bridgehead atoms. The predicted octanol–water partition coefficient (Wildman–Crippen LogP) is 3.82. The van der Waals surface area contributed by atoms with Crippen LogP contribution in [0.4, 0.5) is 5.82 Å². The predicted molar refractivity (Wildman–Crippen MR) is 81.7 cm³/mol. The molecule has 0 aromatic carbocycles.